The molecule has 0 bridgehead atoms. The first-order valence-corrected chi connectivity index (χ1v) is 9.57. The first-order valence-electron chi connectivity index (χ1n) is 8.18. The molecular formula is C15H33IN4OS. The summed E-state index contributed by atoms with van der Waals surface area (Å²) in [5, 5.41) is 6.73. The van der Waals surface area contributed by atoms with E-state index in [-0.39, 0.29) is 24.0 Å². The minimum absolute atomic E-state index is 0. The van der Waals surface area contributed by atoms with Crippen molar-refractivity contribution in [3.8, 4) is 0 Å². The first kappa shape index (κ1) is 22.3. The normalized spacial score (nSPS) is 16.2. The van der Waals surface area contributed by atoms with Crippen molar-refractivity contribution < 1.29 is 4.74 Å². The number of hydrogen-bond acceptors (Lipinski definition) is 4. The maximum Gasteiger partial charge on any atom is 0.191 e. The van der Waals surface area contributed by atoms with Crippen LogP contribution in [0.25, 0.3) is 0 Å². The SMILES string of the molecule is CCNC(=NCCCN1CCOCC1)NCCCCSC.I. The Morgan fingerprint density at radius 3 is 2.64 bits per heavy atom. The van der Waals surface area contributed by atoms with E-state index in [1.807, 2.05) is 11.8 Å². The highest BCUT2D eigenvalue weighted by Crippen LogP contribution is 1.99. The van der Waals surface area contributed by atoms with Crippen LogP contribution in [0.4, 0.5) is 0 Å². The largest absolute Gasteiger partial charge is 0.379 e. The molecular weight excluding hydrogens is 411 g/mol. The van der Waals surface area contributed by atoms with Gasteiger partial charge in [-0.3, -0.25) is 9.89 Å². The van der Waals surface area contributed by atoms with Crippen molar-refractivity contribution in [3.63, 3.8) is 0 Å². The third-order valence-corrected chi connectivity index (χ3v) is 4.11. The summed E-state index contributed by atoms with van der Waals surface area (Å²) in [6.07, 6.45) is 5.75. The van der Waals surface area contributed by atoms with E-state index in [0.29, 0.717) is 0 Å². The molecule has 1 saturated heterocycles. The van der Waals surface area contributed by atoms with Gasteiger partial charge >= 0.3 is 0 Å². The summed E-state index contributed by atoms with van der Waals surface area (Å²) in [7, 11) is 0. The Morgan fingerprint density at radius 2 is 1.95 bits per heavy atom. The van der Waals surface area contributed by atoms with Gasteiger partial charge in [-0.25, -0.2) is 0 Å². The molecule has 132 valence electrons. The molecule has 0 radical (unpaired) electrons. The van der Waals surface area contributed by atoms with Crippen molar-refractivity contribution in [2.45, 2.75) is 26.2 Å². The zero-order valence-electron chi connectivity index (χ0n) is 14.1. The number of unbranched alkanes of at least 4 members (excludes halogenated alkanes) is 1. The van der Waals surface area contributed by atoms with Crippen molar-refractivity contribution in [2.75, 3.05) is 64.5 Å². The van der Waals surface area contributed by atoms with Crippen molar-refractivity contribution in [1.29, 1.82) is 0 Å². The molecule has 1 aliphatic rings. The molecule has 0 aromatic heterocycles. The van der Waals surface area contributed by atoms with Crippen LogP contribution in [0, 0.1) is 0 Å². The predicted octanol–water partition coefficient (Wildman–Crippen LogP) is 2.02. The van der Waals surface area contributed by atoms with E-state index < -0.39 is 0 Å². The van der Waals surface area contributed by atoms with Gasteiger partial charge in [-0.2, -0.15) is 11.8 Å². The second-order valence-corrected chi connectivity index (χ2v) is 6.18. The van der Waals surface area contributed by atoms with E-state index in [9.17, 15) is 0 Å². The van der Waals surface area contributed by atoms with Crippen molar-refractivity contribution >= 4 is 41.7 Å². The minimum atomic E-state index is 0. The van der Waals surface area contributed by atoms with E-state index in [4.69, 9.17) is 4.74 Å². The molecule has 2 N–H and O–H groups in total. The number of nitrogens with zero attached hydrogens (tertiary/aromatic N) is 2. The zero-order chi connectivity index (χ0) is 15.2. The van der Waals surface area contributed by atoms with Crippen LogP contribution in [0.15, 0.2) is 4.99 Å². The Kier molecular flexibility index (Phi) is 16.3. The van der Waals surface area contributed by atoms with Gasteiger partial charge in [0.1, 0.15) is 0 Å². The number of halogens is 1. The second-order valence-electron chi connectivity index (χ2n) is 5.19. The van der Waals surface area contributed by atoms with Gasteiger partial charge < -0.3 is 15.4 Å². The van der Waals surface area contributed by atoms with Gasteiger partial charge in [0, 0.05) is 39.3 Å². The van der Waals surface area contributed by atoms with Crippen LogP contribution in [0.3, 0.4) is 0 Å². The fourth-order valence-corrected chi connectivity index (χ4v) is 2.72. The van der Waals surface area contributed by atoms with Gasteiger partial charge in [0.05, 0.1) is 13.2 Å². The van der Waals surface area contributed by atoms with Gasteiger partial charge in [0.25, 0.3) is 0 Å². The van der Waals surface area contributed by atoms with Crippen molar-refractivity contribution in [3.05, 3.63) is 0 Å². The lowest BCUT2D eigenvalue weighted by Crippen LogP contribution is -2.38. The van der Waals surface area contributed by atoms with E-state index in [0.717, 1.165) is 64.9 Å². The summed E-state index contributed by atoms with van der Waals surface area (Å²) in [4.78, 5) is 7.11. The van der Waals surface area contributed by atoms with Crippen LogP contribution in [0.5, 0.6) is 0 Å². The highest BCUT2D eigenvalue weighted by molar-refractivity contribution is 14.0. The maximum atomic E-state index is 5.36. The highest BCUT2D eigenvalue weighted by atomic mass is 127. The van der Waals surface area contributed by atoms with Crippen LogP contribution in [0.2, 0.25) is 0 Å². The quantitative estimate of drug-likeness (QED) is 0.234. The molecule has 0 aliphatic carbocycles. The van der Waals surface area contributed by atoms with Crippen molar-refractivity contribution in [2.24, 2.45) is 4.99 Å². The summed E-state index contributed by atoms with van der Waals surface area (Å²) >= 11 is 1.91. The van der Waals surface area contributed by atoms with Crippen LogP contribution < -0.4 is 10.6 Å². The third-order valence-electron chi connectivity index (χ3n) is 3.42. The Balaban J connectivity index is 0.00000441. The number of hydrogen-bond donors (Lipinski definition) is 2. The van der Waals surface area contributed by atoms with E-state index in [1.54, 1.807) is 0 Å². The maximum absolute atomic E-state index is 5.36. The smallest absolute Gasteiger partial charge is 0.191 e. The molecule has 0 aromatic rings. The van der Waals surface area contributed by atoms with Gasteiger partial charge in [0.2, 0.25) is 0 Å². The van der Waals surface area contributed by atoms with Crippen LogP contribution in [-0.4, -0.2) is 75.4 Å². The number of aliphatic imine (C=N–C) groups is 1. The van der Waals surface area contributed by atoms with Crippen LogP contribution >= 0.6 is 35.7 Å². The van der Waals surface area contributed by atoms with E-state index in [1.165, 1.54) is 18.6 Å². The second kappa shape index (κ2) is 16.1. The molecule has 0 atom stereocenters. The minimum Gasteiger partial charge on any atom is -0.379 e. The summed E-state index contributed by atoms with van der Waals surface area (Å²) < 4.78 is 5.36. The predicted molar refractivity (Wildman–Crippen MR) is 109 cm³/mol. The number of ether oxygens (including phenoxy) is 1. The lowest BCUT2D eigenvalue weighted by molar-refractivity contribution is 0.0377. The lowest BCUT2D eigenvalue weighted by Gasteiger charge is -2.26. The fraction of sp³-hybridized carbons (Fsp3) is 0.933. The molecule has 0 saturated carbocycles. The Morgan fingerprint density at radius 1 is 1.18 bits per heavy atom. The third kappa shape index (κ3) is 11.8. The van der Waals surface area contributed by atoms with Crippen LogP contribution in [0.1, 0.15) is 26.2 Å². The number of rotatable bonds is 10. The Bertz CT molecular complexity index is 276. The fourth-order valence-electron chi connectivity index (χ4n) is 2.23. The summed E-state index contributed by atoms with van der Waals surface area (Å²) in [5.41, 5.74) is 0. The van der Waals surface area contributed by atoms with E-state index >= 15 is 0 Å². The number of nitrogens with one attached hydrogen (secondary N) is 2. The highest BCUT2D eigenvalue weighted by Gasteiger charge is 2.08. The van der Waals surface area contributed by atoms with Gasteiger partial charge in [-0.1, -0.05) is 0 Å². The molecule has 0 unspecified atom stereocenters. The average Bonchev–Trinajstić information content (AvgIpc) is 2.52. The number of thioether (sulfide) groups is 1. The summed E-state index contributed by atoms with van der Waals surface area (Å²) in [6, 6.07) is 0. The summed E-state index contributed by atoms with van der Waals surface area (Å²) in [5.74, 6) is 2.21. The molecule has 1 rings (SSSR count). The molecule has 5 nitrogen and oxygen atoms in total. The Hall–Kier alpha value is 0.270. The van der Waals surface area contributed by atoms with Gasteiger partial charge in [0.15, 0.2) is 5.96 Å². The summed E-state index contributed by atoms with van der Waals surface area (Å²) in [6.45, 7) is 9.94. The van der Waals surface area contributed by atoms with E-state index in [2.05, 4.69) is 33.7 Å². The molecule has 7 heteroatoms. The lowest BCUT2D eigenvalue weighted by atomic mass is 10.3. The topological polar surface area (TPSA) is 48.9 Å². The molecule has 0 aromatic carbocycles. The molecule has 1 aliphatic heterocycles. The average molecular weight is 444 g/mol. The first-order chi connectivity index (χ1) is 10.4. The zero-order valence-corrected chi connectivity index (χ0v) is 17.3. The number of morpholine rings is 1. The molecule has 1 fully saturated rings. The van der Waals surface area contributed by atoms with Gasteiger partial charge in [-0.05, 0) is 38.2 Å². The van der Waals surface area contributed by atoms with Crippen molar-refractivity contribution in [1.82, 2.24) is 15.5 Å². The molecule has 0 amide bonds. The molecule has 1 heterocycles. The molecule has 0 spiro atoms. The standard InChI is InChI=1S/C15H32N4OS.HI/c1-3-16-15(17-7-4-5-14-21-2)18-8-6-9-19-10-12-20-13-11-19;/h3-14H2,1-2H3,(H2,16,17,18);1H. The van der Waals surface area contributed by atoms with Gasteiger partial charge in [-0.15, -0.1) is 24.0 Å². The number of guanidine groups is 1. The van der Waals surface area contributed by atoms with Crippen LogP contribution in [-0.2, 0) is 4.74 Å². The Labute approximate surface area is 157 Å². The monoisotopic (exact) mass is 444 g/mol. The molecule has 22 heavy (non-hydrogen) atoms.